The van der Waals surface area contributed by atoms with E-state index in [-0.39, 0.29) is 25.7 Å². The fourth-order valence-electron chi connectivity index (χ4n) is 8.93. The number of carbonyl (C=O) groups excluding carboxylic acids is 4. The predicted octanol–water partition coefficient (Wildman–Crippen LogP) is 16.4. The van der Waals surface area contributed by atoms with Crippen molar-refractivity contribution in [3.05, 3.63) is 0 Å². The van der Waals surface area contributed by atoms with E-state index in [0.717, 1.165) is 96.3 Å². The molecular formula is C60H116O17P2. The second-order valence-corrected chi connectivity index (χ2v) is 24.6. The molecule has 5 atom stereocenters. The van der Waals surface area contributed by atoms with Crippen molar-refractivity contribution < 1.29 is 80.2 Å². The summed E-state index contributed by atoms with van der Waals surface area (Å²) in [6.45, 7) is 4.79. The minimum absolute atomic E-state index is 0.103. The van der Waals surface area contributed by atoms with Crippen molar-refractivity contribution in [3.63, 3.8) is 0 Å². The Morgan fingerprint density at radius 3 is 0.747 bits per heavy atom. The number of unbranched alkanes of at least 4 members (excludes halogenated alkanes) is 35. The highest BCUT2D eigenvalue weighted by Gasteiger charge is 2.30. The maximum Gasteiger partial charge on any atom is 0.472 e. The lowest BCUT2D eigenvalue weighted by molar-refractivity contribution is -0.161. The average Bonchev–Trinajstić information content (AvgIpc) is 3.42. The summed E-state index contributed by atoms with van der Waals surface area (Å²) in [5, 5.41) is 10.5. The van der Waals surface area contributed by atoms with E-state index in [9.17, 15) is 43.2 Å². The SMILES string of the molecule is CCCCCCCCCCCCCCCC(=O)O[C@H](COC(=O)CCCCCCCCCCC)COP(=O)(O)OC[C@@H](O)COP(=O)(O)OC[C@@H](COC(=O)CCCCCCCCCCCCC)OC(=O)CCCCCCCC. The quantitative estimate of drug-likeness (QED) is 0.0222. The molecule has 2 unspecified atom stereocenters. The summed E-state index contributed by atoms with van der Waals surface area (Å²) in [6.07, 6.45) is 39.1. The van der Waals surface area contributed by atoms with Gasteiger partial charge in [-0.2, -0.15) is 0 Å². The first-order valence-electron chi connectivity index (χ1n) is 31.8. The van der Waals surface area contributed by atoms with Gasteiger partial charge in [0.1, 0.15) is 19.3 Å². The van der Waals surface area contributed by atoms with Gasteiger partial charge in [-0.15, -0.1) is 0 Å². The van der Waals surface area contributed by atoms with Crippen LogP contribution in [0.25, 0.3) is 0 Å². The van der Waals surface area contributed by atoms with Gasteiger partial charge >= 0.3 is 39.5 Å². The fourth-order valence-corrected chi connectivity index (χ4v) is 10.5. The maximum absolute atomic E-state index is 12.9. The van der Waals surface area contributed by atoms with Crippen molar-refractivity contribution in [1.82, 2.24) is 0 Å². The molecule has 79 heavy (non-hydrogen) atoms. The van der Waals surface area contributed by atoms with Gasteiger partial charge in [0, 0.05) is 25.7 Å². The molecule has 0 aliphatic heterocycles. The van der Waals surface area contributed by atoms with Crippen LogP contribution in [0.5, 0.6) is 0 Å². The lowest BCUT2D eigenvalue weighted by Gasteiger charge is -2.21. The number of carbonyl (C=O) groups is 4. The van der Waals surface area contributed by atoms with Crippen LogP contribution in [0.2, 0.25) is 0 Å². The van der Waals surface area contributed by atoms with Gasteiger partial charge in [0.2, 0.25) is 0 Å². The third-order valence-corrected chi connectivity index (χ3v) is 15.8. The molecule has 0 aromatic rings. The van der Waals surface area contributed by atoms with Crippen LogP contribution < -0.4 is 0 Å². The standard InChI is InChI=1S/C60H116O17P2/c1-5-9-13-17-21-24-26-27-29-32-35-39-43-47-60(65)77-56(51-71-57(62)44-40-37-33-30-23-19-15-11-7-3)53-75-79(68,69)73-49-54(61)48-72-78(66,67)74-52-55(76-59(64)46-42-36-20-16-12-8-4)50-70-58(63)45-41-38-34-31-28-25-22-18-14-10-6-2/h54-56,61H,5-53H2,1-4H3,(H,66,67)(H,68,69)/t54-,55+,56+/m0/s1. The molecule has 468 valence electrons. The number of phosphoric ester groups is 2. The zero-order chi connectivity index (χ0) is 58.3. The van der Waals surface area contributed by atoms with Gasteiger partial charge in [0.15, 0.2) is 12.2 Å². The van der Waals surface area contributed by atoms with Crippen LogP contribution in [0, 0.1) is 0 Å². The van der Waals surface area contributed by atoms with Gasteiger partial charge in [-0.25, -0.2) is 9.13 Å². The zero-order valence-corrected chi connectivity index (χ0v) is 52.1. The van der Waals surface area contributed by atoms with Gasteiger partial charge in [0.25, 0.3) is 0 Å². The van der Waals surface area contributed by atoms with Crippen molar-refractivity contribution in [1.29, 1.82) is 0 Å². The second-order valence-electron chi connectivity index (χ2n) is 21.7. The molecule has 19 heteroatoms. The molecule has 17 nitrogen and oxygen atoms in total. The molecule has 0 aliphatic rings. The van der Waals surface area contributed by atoms with Crippen LogP contribution in [0.15, 0.2) is 0 Å². The van der Waals surface area contributed by atoms with E-state index in [1.807, 2.05) is 0 Å². The Labute approximate surface area is 479 Å². The van der Waals surface area contributed by atoms with Crippen LogP contribution in [0.4, 0.5) is 0 Å². The van der Waals surface area contributed by atoms with Crippen molar-refractivity contribution in [2.45, 2.75) is 322 Å². The van der Waals surface area contributed by atoms with Gasteiger partial charge < -0.3 is 33.8 Å². The number of aliphatic hydroxyl groups excluding tert-OH is 1. The van der Waals surface area contributed by atoms with Crippen LogP contribution in [-0.4, -0.2) is 96.7 Å². The molecule has 0 spiro atoms. The van der Waals surface area contributed by atoms with Crippen LogP contribution in [0.3, 0.4) is 0 Å². The minimum Gasteiger partial charge on any atom is -0.462 e. The number of hydrogen-bond donors (Lipinski definition) is 3. The van der Waals surface area contributed by atoms with E-state index in [1.165, 1.54) is 128 Å². The fraction of sp³-hybridized carbons (Fsp3) is 0.933. The van der Waals surface area contributed by atoms with Gasteiger partial charge in [-0.1, -0.05) is 252 Å². The predicted molar refractivity (Wildman–Crippen MR) is 312 cm³/mol. The van der Waals surface area contributed by atoms with E-state index in [0.29, 0.717) is 25.7 Å². The van der Waals surface area contributed by atoms with Crippen molar-refractivity contribution in [2.24, 2.45) is 0 Å². The smallest absolute Gasteiger partial charge is 0.462 e. The zero-order valence-electron chi connectivity index (χ0n) is 50.3. The van der Waals surface area contributed by atoms with Crippen molar-refractivity contribution >= 4 is 39.5 Å². The first kappa shape index (κ1) is 77.1. The molecule has 0 heterocycles. The first-order valence-corrected chi connectivity index (χ1v) is 34.8. The summed E-state index contributed by atoms with van der Waals surface area (Å²) in [7, 11) is -9.87. The third-order valence-electron chi connectivity index (χ3n) is 13.9. The topological polar surface area (TPSA) is 237 Å². The van der Waals surface area contributed by atoms with Crippen LogP contribution in [0.1, 0.15) is 304 Å². The van der Waals surface area contributed by atoms with Crippen LogP contribution in [-0.2, 0) is 65.4 Å². The third kappa shape index (κ3) is 55.0. The highest BCUT2D eigenvalue weighted by atomic mass is 31.2. The molecule has 0 bridgehead atoms. The molecule has 0 rings (SSSR count). The maximum atomic E-state index is 12.9. The van der Waals surface area contributed by atoms with Gasteiger partial charge in [0.05, 0.1) is 26.4 Å². The summed E-state index contributed by atoms with van der Waals surface area (Å²) in [4.78, 5) is 71.8. The Bertz CT molecular complexity index is 1540. The normalized spacial score (nSPS) is 14.3. The summed E-state index contributed by atoms with van der Waals surface area (Å²) >= 11 is 0. The Balaban J connectivity index is 5.16. The molecule has 0 aromatic carbocycles. The summed E-state index contributed by atoms with van der Waals surface area (Å²) in [5.41, 5.74) is 0. The van der Waals surface area contributed by atoms with Crippen molar-refractivity contribution in [2.75, 3.05) is 39.6 Å². The number of ether oxygens (including phenoxy) is 4. The van der Waals surface area contributed by atoms with E-state index >= 15 is 0 Å². The number of rotatable bonds is 61. The van der Waals surface area contributed by atoms with Gasteiger partial charge in [-0.05, 0) is 25.7 Å². The Hall–Kier alpha value is -1.94. The molecule has 0 saturated carbocycles. The number of esters is 4. The number of aliphatic hydroxyl groups is 1. The Morgan fingerprint density at radius 2 is 0.506 bits per heavy atom. The van der Waals surface area contributed by atoms with E-state index in [1.54, 1.807) is 0 Å². The van der Waals surface area contributed by atoms with Crippen LogP contribution >= 0.6 is 15.6 Å². The number of phosphoric acid groups is 2. The summed E-state index contributed by atoms with van der Waals surface area (Å²) < 4.78 is 67.6. The highest BCUT2D eigenvalue weighted by Crippen LogP contribution is 2.45. The van der Waals surface area contributed by atoms with E-state index in [4.69, 9.17) is 37.0 Å². The summed E-state index contributed by atoms with van der Waals surface area (Å²) in [6, 6.07) is 0. The lowest BCUT2D eigenvalue weighted by atomic mass is 10.0. The Kier molecular flexibility index (Phi) is 53.9. The lowest BCUT2D eigenvalue weighted by Crippen LogP contribution is -2.30. The monoisotopic (exact) mass is 1170 g/mol. The minimum atomic E-state index is -4.94. The van der Waals surface area contributed by atoms with Gasteiger partial charge in [-0.3, -0.25) is 37.3 Å². The molecule has 0 radical (unpaired) electrons. The van der Waals surface area contributed by atoms with E-state index < -0.39 is 97.5 Å². The molecule has 3 N–H and O–H groups in total. The largest absolute Gasteiger partial charge is 0.472 e. The molecule has 0 amide bonds. The molecule has 0 aliphatic carbocycles. The first-order chi connectivity index (χ1) is 38.2. The summed E-state index contributed by atoms with van der Waals surface area (Å²) in [5.74, 6) is -2.14. The average molecular weight is 1170 g/mol. The number of hydrogen-bond acceptors (Lipinski definition) is 15. The molecule has 0 saturated heterocycles. The molecular weight excluding hydrogens is 1050 g/mol. The highest BCUT2D eigenvalue weighted by molar-refractivity contribution is 7.47. The van der Waals surface area contributed by atoms with Crippen molar-refractivity contribution in [3.8, 4) is 0 Å². The second kappa shape index (κ2) is 55.3. The molecule has 0 aromatic heterocycles. The molecule has 0 fully saturated rings. The van der Waals surface area contributed by atoms with E-state index in [2.05, 4.69) is 27.7 Å². The Morgan fingerprint density at radius 1 is 0.304 bits per heavy atom.